The van der Waals surface area contributed by atoms with E-state index in [9.17, 15) is 0 Å². The number of unbranched alkanes of at least 4 members (excludes halogenated alkanes) is 22. The van der Waals surface area contributed by atoms with Crippen LogP contribution in [0.25, 0.3) is 0 Å². The van der Waals surface area contributed by atoms with Crippen LogP contribution in [-0.4, -0.2) is 30.7 Å². The maximum atomic E-state index is 2.43. The highest BCUT2D eigenvalue weighted by atomic mass is 15.3. The molecule has 0 rings (SSSR count). The third kappa shape index (κ3) is 22.2. The van der Waals surface area contributed by atoms with Gasteiger partial charge >= 0.3 is 0 Å². The Morgan fingerprint density at radius 2 is 0.485 bits per heavy atom. The molecule has 0 N–H and O–H groups in total. The lowest BCUT2D eigenvalue weighted by atomic mass is 10.0. The smallest absolute Gasteiger partial charge is 0.0786 e. The Labute approximate surface area is 212 Å². The van der Waals surface area contributed by atoms with Crippen LogP contribution in [0.15, 0.2) is 0 Å². The summed E-state index contributed by atoms with van der Waals surface area (Å²) in [5.74, 6) is 0. The van der Waals surface area contributed by atoms with Crippen molar-refractivity contribution in [2.24, 2.45) is 0 Å². The zero-order chi connectivity index (χ0) is 24.3. The summed E-state index contributed by atoms with van der Waals surface area (Å²) in [5.41, 5.74) is 0. The second kappa shape index (κ2) is 26.6. The SMILES string of the molecule is CCCCCCCCCCCCCCCCCC[N+](CC)(CC)CCCCCCCCCC. The van der Waals surface area contributed by atoms with Crippen molar-refractivity contribution in [2.75, 3.05) is 26.2 Å². The summed E-state index contributed by atoms with van der Waals surface area (Å²) in [6.45, 7) is 15.0. The molecule has 200 valence electrons. The molecule has 33 heavy (non-hydrogen) atoms. The van der Waals surface area contributed by atoms with Crippen LogP contribution >= 0.6 is 0 Å². The van der Waals surface area contributed by atoms with E-state index in [1.165, 1.54) is 185 Å². The van der Waals surface area contributed by atoms with Crippen LogP contribution in [0.1, 0.15) is 182 Å². The van der Waals surface area contributed by atoms with E-state index >= 15 is 0 Å². The molecule has 0 atom stereocenters. The summed E-state index contributed by atoms with van der Waals surface area (Å²) in [7, 11) is 0. The fourth-order valence-electron chi connectivity index (χ4n) is 5.54. The Kier molecular flexibility index (Phi) is 26.5. The van der Waals surface area contributed by atoms with Crippen LogP contribution in [0.3, 0.4) is 0 Å². The molecule has 0 aliphatic heterocycles. The van der Waals surface area contributed by atoms with E-state index in [1.807, 2.05) is 0 Å². The van der Waals surface area contributed by atoms with Crippen LogP contribution in [0, 0.1) is 0 Å². The lowest BCUT2D eigenvalue weighted by molar-refractivity contribution is -0.925. The van der Waals surface area contributed by atoms with Gasteiger partial charge in [0.25, 0.3) is 0 Å². The molecule has 0 fully saturated rings. The summed E-state index contributed by atoms with van der Waals surface area (Å²) in [6, 6.07) is 0. The highest BCUT2D eigenvalue weighted by Crippen LogP contribution is 2.17. The number of quaternary nitrogens is 1. The van der Waals surface area contributed by atoms with Crippen LogP contribution in [0.5, 0.6) is 0 Å². The van der Waals surface area contributed by atoms with Crippen molar-refractivity contribution in [1.82, 2.24) is 0 Å². The van der Waals surface area contributed by atoms with E-state index < -0.39 is 0 Å². The van der Waals surface area contributed by atoms with Crippen LogP contribution < -0.4 is 0 Å². The van der Waals surface area contributed by atoms with Crippen molar-refractivity contribution >= 4 is 0 Å². The molecule has 0 aromatic heterocycles. The number of rotatable bonds is 28. The predicted molar refractivity (Wildman–Crippen MR) is 153 cm³/mol. The molecule has 0 radical (unpaired) electrons. The van der Waals surface area contributed by atoms with Crippen molar-refractivity contribution in [3.05, 3.63) is 0 Å². The highest BCUT2D eigenvalue weighted by Gasteiger charge is 2.21. The molecule has 0 unspecified atom stereocenters. The Morgan fingerprint density at radius 3 is 0.697 bits per heavy atom. The average Bonchev–Trinajstić information content (AvgIpc) is 2.84. The number of hydrogen-bond donors (Lipinski definition) is 0. The molecule has 0 aliphatic carbocycles. The summed E-state index contributed by atoms with van der Waals surface area (Å²) >= 11 is 0. The van der Waals surface area contributed by atoms with Crippen molar-refractivity contribution < 1.29 is 4.48 Å². The van der Waals surface area contributed by atoms with Crippen LogP contribution in [0.4, 0.5) is 0 Å². The second-order valence-electron chi connectivity index (χ2n) is 11.2. The van der Waals surface area contributed by atoms with E-state index in [0.717, 1.165) is 0 Å². The Morgan fingerprint density at radius 1 is 0.273 bits per heavy atom. The van der Waals surface area contributed by atoms with Gasteiger partial charge in [-0.1, -0.05) is 142 Å². The Balaban J connectivity index is 3.52. The first-order valence-electron chi connectivity index (χ1n) is 16.1. The third-order valence-electron chi connectivity index (χ3n) is 8.31. The van der Waals surface area contributed by atoms with Crippen molar-refractivity contribution in [3.8, 4) is 0 Å². The molecular weight excluding hydrogens is 398 g/mol. The molecule has 0 saturated carbocycles. The van der Waals surface area contributed by atoms with Gasteiger partial charge in [0.05, 0.1) is 26.2 Å². The predicted octanol–water partition coefficient (Wildman–Crippen LogP) is 11.2. The van der Waals surface area contributed by atoms with Crippen molar-refractivity contribution in [2.45, 2.75) is 182 Å². The fourth-order valence-corrected chi connectivity index (χ4v) is 5.54. The van der Waals surface area contributed by atoms with E-state index in [2.05, 4.69) is 27.7 Å². The molecule has 0 amide bonds. The first-order chi connectivity index (χ1) is 16.2. The van der Waals surface area contributed by atoms with Gasteiger partial charge in [-0.25, -0.2) is 0 Å². The maximum Gasteiger partial charge on any atom is 0.0786 e. The van der Waals surface area contributed by atoms with E-state index in [1.54, 1.807) is 0 Å². The molecule has 0 aromatic carbocycles. The molecule has 0 aromatic rings. The van der Waals surface area contributed by atoms with Gasteiger partial charge in [-0.15, -0.1) is 0 Å². The standard InChI is InChI=1S/C32H68N/c1-5-9-11-13-15-17-18-19-20-21-22-23-24-26-28-30-32-33(7-3,8-4)31-29-27-25-16-14-12-10-6-2/h5-32H2,1-4H3/q+1. The van der Waals surface area contributed by atoms with Gasteiger partial charge in [0.15, 0.2) is 0 Å². The van der Waals surface area contributed by atoms with Crippen molar-refractivity contribution in [1.29, 1.82) is 0 Å². The lowest BCUT2D eigenvalue weighted by Crippen LogP contribution is -2.49. The maximum absolute atomic E-state index is 2.43. The summed E-state index contributed by atoms with van der Waals surface area (Å²) in [5, 5.41) is 0. The van der Waals surface area contributed by atoms with Crippen LogP contribution in [-0.2, 0) is 0 Å². The molecule has 0 spiro atoms. The Hall–Kier alpha value is -0.0400. The van der Waals surface area contributed by atoms with Gasteiger partial charge in [-0.05, 0) is 39.5 Å². The molecule has 0 bridgehead atoms. The van der Waals surface area contributed by atoms with Gasteiger partial charge in [0, 0.05) is 0 Å². The van der Waals surface area contributed by atoms with E-state index in [0.29, 0.717) is 0 Å². The minimum atomic E-state index is 1.34. The first-order valence-corrected chi connectivity index (χ1v) is 16.1. The van der Waals surface area contributed by atoms with Gasteiger partial charge < -0.3 is 4.48 Å². The molecule has 0 aliphatic rings. The summed E-state index contributed by atoms with van der Waals surface area (Å²) in [6.07, 6.45) is 35.1. The van der Waals surface area contributed by atoms with Gasteiger partial charge in [0.1, 0.15) is 0 Å². The van der Waals surface area contributed by atoms with Gasteiger partial charge in [0.2, 0.25) is 0 Å². The molecular formula is C32H68N+. The molecule has 0 saturated heterocycles. The molecule has 1 heteroatoms. The first kappa shape index (κ1) is 33.0. The van der Waals surface area contributed by atoms with Gasteiger partial charge in [-0.2, -0.15) is 0 Å². The van der Waals surface area contributed by atoms with Crippen LogP contribution in [0.2, 0.25) is 0 Å². The fraction of sp³-hybridized carbons (Fsp3) is 1.00. The quantitative estimate of drug-likeness (QED) is 0.0794. The monoisotopic (exact) mass is 467 g/mol. The highest BCUT2D eigenvalue weighted by molar-refractivity contribution is 4.52. The average molecular weight is 467 g/mol. The summed E-state index contributed by atoms with van der Waals surface area (Å²) in [4.78, 5) is 0. The van der Waals surface area contributed by atoms with Crippen molar-refractivity contribution in [3.63, 3.8) is 0 Å². The topological polar surface area (TPSA) is 0 Å². The third-order valence-corrected chi connectivity index (χ3v) is 8.31. The molecule has 0 heterocycles. The largest absolute Gasteiger partial charge is 0.324 e. The van der Waals surface area contributed by atoms with E-state index in [4.69, 9.17) is 0 Å². The normalized spacial score (nSPS) is 12.0. The number of nitrogens with zero attached hydrogens (tertiary/aromatic N) is 1. The minimum absolute atomic E-state index is 1.34. The van der Waals surface area contributed by atoms with E-state index in [-0.39, 0.29) is 0 Å². The molecule has 1 nitrogen and oxygen atoms in total. The second-order valence-corrected chi connectivity index (χ2v) is 11.2. The lowest BCUT2D eigenvalue weighted by Gasteiger charge is -2.37. The number of hydrogen-bond acceptors (Lipinski definition) is 0. The zero-order valence-corrected chi connectivity index (χ0v) is 24.2. The zero-order valence-electron chi connectivity index (χ0n) is 24.2. The summed E-state index contributed by atoms with van der Waals surface area (Å²) < 4.78 is 1.38. The van der Waals surface area contributed by atoms with Gasteiger partial charge in [-0.3, -0.25) is 0 Å². The minimum Gasteiger partial charge on any atom is -0.324 e. The Bertz CT molecular complexity index is 346.